The van der Waals surface area contributed by atoms with Crippen molar-refractivity contribution in [3.05, 3.63) is 29.8 Å². The molecule has 0 aromatic heterocycles. The Hall–Kier alpha value is -1.79. The van der Waals surface area contributed by atoms with E-state index in [1.54, 1.807) is 11.0 Å². The number of piperazine rings is 1. The average molecular weight is 370 g/mol. The molecule has 1 unspecified atom stereocenters. The van der Waals surface area contributed by atoms with Crippen LogP contribution >= 0.6 is 12.4 Å². The number of carbonyl (C=O) groups excluding carboxylic acids is 2. The lowest BCUT2D eigenvalue weighted by Gasteiger charge is -2.36. The molecule has 1 aromatic carbocycles. The average Bonchev–Trinajstić information content (AvgIpc) is 2.61. The number of amides is 2. The van der Waals surface area contributed by atoms with Crippen molar-refractivity contribution in [2.24, 2.45) is 5.92 Å². The van der Waals surface area contributed by atoms with Gasteiger partial charge in [-0.2, -0.15) is 0 Å². The number of hydrogen-bond donors (Lipinski definition) is 1. The van der Waals surface area contributed by atoms with Crippen LogP contribution in [-0.4, -0.2) is 68.0 Å². The van der Waals surface area contributed by atoms with Crippen LogP contribution in [0.4, 0.5) is 0 Å². The minimum absolute atomic E-state index is 0. The molecule has 1 atom stereocenters. The molecule has 1 N–H and O–H groups in total. The number of nitrogens with one attached hydrogen (secondary N) is 1. The van der Waals surface area contributed by atoms with Gasteiger partial charge in [0.25, 0.3) is 5.91 Å². The predicted octanol–water partition coefficient (Wildman–Crippen LogP) is 1.65. The highest BCUT2D eigenvalue weighted by Gasteiger charge is 2.28. The van der Waals surface area contributed by atoms with Crippen molar-refractivity contribution < 1.29 is 14.3 Å². The maximum Gasteiger partial charge on any atom is 0.257 e. The number of carbonyl (C=O) groups is 2. The van der Waals surface area contributed by atoms with E-state index in [-0.39, 0.29) is 30.1 Å². The molecule has 0 radical (unpaired) electrons. The highest BCUT2D eigenvalue weighted by molar-refractivity contribution is 5.97. The molecule has 1 heterocycles. The molecule has 0 aliphatic carbocycles. The van der Waals surface area contributed by atoms with Gasteiger partial charge in [-0.05, 0) is 26.1 Å². The number of hydrogen-bond acceptors (Lipinski definition) is 4. The highest BCUT2D eigenvalue weighted by Crippen LogP contribution is 2.21. The van der Waals surface area contributed by atoms with E-state index in [4.69, 9.17) is 4.74 Å². The van der Waals surface area contributed by atoms with E-state index in [1.165, 1.54) is 0 Å². The van der Waals surface area contributed by atoms with E-state index in [9.17, 15) is 9.59 Å². The van der Waals surface area contributed by atoms with Gasteiger partial charge in [0.05, 0.1) is 12.2 Å². The quantitative estimate of drug-likeness (QED) is 0.828. The van der Waals surface area contributed by atoms with Crippen LogP contribution in [0.5, 0.6) is 5.75 Å². The second-order valence-electron chi connectivity index (χ2n) is 6.01. The fraction of sp³-hybridized carbons (Fsp3) is 0.556. The lowest BCUT2D eigenvalue weighted by atomic mass is 10.1. The second-order valence-corrected chi connectivity index (χ2v) is 6.01. The van der Waals surface area contributed by atoms with Gasteiger partial charge in [0, 0.05) is 38.6 Å². The Morgan fingerprint density at radius 3 is 2.36 bits per heavy atom. The Morgan fingerprint density at radius 1 is 1.16 bits per heavy atom. The molecule has 2 amide bonds. The zero-order valence-corrected chi connectivity index (χ0v) is 16.0. The second kappa shape index (κ2) is 10.3. The van der Waals surface area contributed by atoms with Gasteiger partial charge in [-0.15, -0.1) is 12.4 Å². The van der Waals surface area contributed by atoms with Crippen molar-refractivity contribution in [3.63, 3.8) is 0 Å². The summed E-state index contributed by atoms with van der Waals surface area (Å²) in [6.45, 7) is 7.28. The van der Waals surface area contributed by atoms with Gasteiger partial charge in [0.15, 0.2) is 0 Å². The predicted molar refractivity (Wildman–Crippen MR) is 100 cm³/mol. The van der Waals surface area contributed by atoms with Gasteiger partial charge in [0.1, 0.15) is 5.75 Å². The van der Waals surface area contributed by atoms with Gasteiger partial charge in [-0.3, -0.25) is 9.59 Å². The first-order valence-electron chi connectivity index (χ1n) is 8.53. The lowest BCUT2D eigenvalue weighted by molar-refractivity contribution is -0.136. The first-order valence-corrected chi connectivity index (χ1v) is 8.53. The third kappa shape index (κ3) is 5.34. The molecule has 0 bridgehead atoms. The van der Waals surface area contributed by atoms with Crippen LogP contribution in [0.15, 0.2) is 24.3 Å². The van der Waals surface area contributed by atoms with Crippen LogP contribution in [0.3, 0.4) is 0 Å². The van der Waals surface area contributed by atoms with E-state index in [0.29, 0.717) is 50.6 Å². The largest absolute Gasteiger partial charge is 0.493 e. The summed E-state index contributed by atoms with van der Waals surface area (Å²) in [7, 11) is 1.84. The molecular weight excluding hydrogens is 342 g/mol. The first kappa shape index (κ1) is 21.3. The molecule has 140 valence electrons. The molecule has 1 fully saturated rings. The highest BCUT2D eigenvalue weighted by atomic mass is 35.5. The fourth-order valence-corrected chi connectivity index (χ4v) is 2.93. The summed E-state index contributed by atoms with van der Waals surface area (Å²) in [6, 6.07) is 7.31. The summed E-state index contributed by atoms with van der Waals surface area (Å²) in [4.78, 5) is 28.7. The molecule has 1 aliphatic rings. The Kier molecular flexibility index (Phi) is 8.72. The van der Waals surface area contributed by atoms with Crippen LogP contribution < -0.4 is 10.1 Å². The number of para-hydroxylation sites is 1. The maximum absolute atomic E-state index is 12.7. The Labute approximate surface area is 155 Å². The normalized spacial score (nSPS) is 15.3. The van der Waals surface area contributed by atoms with Gasteiger partial charge in [0.2, 0.25) is 5.91 Å². The third-order valence-electron chi connectivity index (χ3n) is 4.23. The van der Waals surface area contributed by atoms with Crippen LogP contribution in [0.2, 0.25) is 0 Å². The van der Waals surface area contributed by atoms with Gasteiger partial charge in [-0.1, -0.05) is 19.1 Å². The molecule has 6 nitrogen and oxygen atoms in total. The molecule has 1 saturated heterocycles. The van der Waals surface area contributed by atoms with Crippen LogP contribution in [0, 0.1) is 5.92 Å². The smallest absolute Gasteiger partial charge is 0.257 e. The van der Waals surface area contributed by atoms with Crippen molar-refractivity contribution in [1.29, 1.82) is 0 Å². The summed E-state index contributed by atoms with van der Waals surface area (Å²) < 4.78 is 5.55. The number of rotatable bonds is 6. The van der Waals surface area contributed by atoms with Crippen molar-refractivity contribution in [1.82, 2.24) is 15.1 Å². The summed E-state index contributed by atoms with van der Waals surface area (Å²) in [5.41, 5.74) is 0.586. The Bertz CT molecular complexity index is 574. The van der Waals surface area contributed by atoms with Gasteiger partial charge < -0.3 is 19.9 Å². The van der Waals surface area contributed by atoms with Crippen molar-refractivity contribution >= 4 is 24.2 Å². The summed E-state index contributed by atoms with van der Waals surface area (Å²) >= 11 is 0. The molecule has 25 heavy (non-hydrogen) atoms. The standard InChI is InChI=1S/C18H27N3O3.ClH/c1-4-24-16-8-6-5-7-15(16)18(23)21-11-9-20(10-12-21)17(22)14(2)13-19-3;/h5-8,14,19H,4,9-13H2,1-3H3;1H. The van der Waals surface area contributed by atoms with E-state index in [1.807, 2.05) is 44.0 Å². The molecule has 1 aromatic rings. The topological polar surface area (TPSA) is 61.9 Å². The number of halogens is 1. The van der Waals surface area contributed by atoms with Crippen molar-refractivity contribution in [2.45, 2.75) is 13.8 Å². The molecule has 0 saturated carbocycles. The monoisotopic (exact) mass is 369 g/mol. The number of benzene rings is 1. The van der Waals surface area contributed by atoms with Crippen LogP contribution in [0.1, 0.15) is 24.2 Å². The van der Waals surface area contributed by atoms with E-state index >= 15 is 0 Å². The van der Waals surface area contributed by atoms with Crippen LogP contribution in [0.25, 0.3) is 0 Å². The van der Waals surface area contributed by atoms with Gasteiger partial charge in [-0.25, -0.2) is 0 Å². The minimum Gasteiger partial charge on any atom is -0.493 e. The maximum atomic E-state index is 12.7. The zero-order chi connectivity index (χ0) is 17.5. The van der Waals surface area contributed by atoms with E-state index < -0.39 is 0 Å². The molecule has 1 aliphatic heterocycles. The SMILES string of the molecule is CCOc1ccccc1C(=O)N1CCN(C(=O)C(C)CNC)CC1.Cl. The summed E-state index contributed by atoms with van der Waals surface area (Å²) in [6.07, 6.45) is 0. The Morgan fingerprint density at radius 2 is 1.76 bits per heavy atom. The van der Waals surface area contributed by atoms with Crippen LogP contribution in [-0.2, 0) is 4.79 Å². The minimum atomic E-state index is -0.0454. The number of nitrogens with zero attached hydrogens (tertiary/aromatic N) is 2. The first-order chi connectivity index (χ1) is 11.6. The lowest BCUT2D eigenvalue weighted by Crippen LogP contribution is -2.52. The molecule has 7 heteroatoms. The summed E-state index contributed by atoms with van der Waals surface area (Å²) in [5.74, 6) is 0.683. The van der Waals surface area contributed by atoms with Gasteiger partial charge >= 0.3 is 0 Å². The van der Waals surface area contributed by atoms with Crippen molar-refractivity contribution in [2.75, 3.05) is 46.4 Å². The number of ether oxygens (including phenoxy) is 1. The Balaban J connectivity index is 0.00000312. The van der Waals surface area contributed by atoms with E-state index in [2.05, 4.69) is 5.32 Å². The molecular formula is C18H28ClN3O3. The van der Waals surface area contributed by atoms with Crippen molar-refractivity contribution in [3.8, 4) is 5.75 Å². The zero-order valence-electron chi connectivity index (χ0n) is 15.2. The van der Waals surface area contributed by atoms with E-state index in [0.717, 1.165) is 0 Å². The third-order valence-corrected chi connectivity index (χ3v) is 4.23. The molecule has 0 spiro atoms. The molecule has 2 rings (SSSR count). The summed E-state index contributed by atoms with van der Waals surface area (Å²) in [5, 5.41) is 3.03. The fourth-order valence-electron chi connectivity index (χ4n) is 2.93.